The molecular formula is C13H15CaNO4S2. The molecule has 1 atom stereocenters. The summed E-state index contributed by atoms with van der Waals surface area (Å²) in [5.41, 5.74) is 0.910. The second-order valence-corrected chi connectivity index (χ2v) is 6.37. The van der Waals surface area contributed by atoms with Crippen LogP contribution in [0.4, 0.5) is 0 Å². The number of aliphatic carboxylic acids is 1. The predicted octanol–water partition coefficient (Wildman–Crippen LogP) is 1.74. The van der Waals surface area contributed by atoms with Gasteiger partial charge in [-0.1, -0.05) is 23.9 Å². The molecule has 5 nitrogen and oxygen atoms in total. The van der Waals surface area contributed by atoms with E-state index < -0.39 is 17.9 Å². The number of carbonyl (C=O) groups is 2. The van der Waals surface area contributed by atoms with Crippen molar-refractivity contribution in [2.75, 3.05) is 12.9 Å². The first-order valence-corrected chi connectivity index (χ1v) is 7.68. The molecule has 1 N–H and O–H groups in total. The Labute approximate surface area is 160 Å². The van der Waals surface area contributed by atoms with Crippen molar-refractivity contribution in [3.8, 4) is 0 Å². The number of benzene rings is 1. The number of aromatic nitrogens is 1. The number of carbonyl (C=O) groups excluding carboxylic acids is 1. The van der Waals surface area contributed by atoms with Gasteiger partial charge >= 0.3 is 49.7 Å². The molecule has 0 aliphatic heterocycles. The van der Waals surface area contributed by atoms with Crippen molar-refractivity contribution in [3.63, 3.8) is 0 Å². The van der Waals surface area contributed by atoms with Gasteiger partial charge in [0.25, 0.3) is 0 Å². The molecule has 1 aromatic heterocycles. The van der Waals surface area contributed by atoms with Crippen LogP contribution in [0.25, 0.3) is 10.2 Å². The molecule has 1 heterocycles. The van der Waals surface area contributed by atoms with Crippen LogP contribution < -0.4 is 0 Å². The maximum atomic E-state index is 11.5. The number of ether oxygens (including phenoxy) is 1. The van der Waals surface area contributed by atoms with Gasteiger partial charge in [0.15, 0.2) is 4.34 Å². The van der Waals surface area contributed by atoms with Gasteiger partial charge in [0, 0.05) is 5.75 Å². The van der Waals surface area contributed by atoms with Gasteiger partial charge in [-0.05, 0) is 12.1 Å². The van der Waals surface area contributed by atoms with E-state index in [4.69, 9.17) is 5.11 Å². The van der Waals surface area contributed by atoms with Gasteiger partial charge in [0.05, 0.1) is 29.7 Å². The summed E-state index contributed by atoms with van der Waals surface area (Å²) in [6.07, 6.45) is -0.232. The Morgan fingerprint density at radius 3 is 2.76 bits per heavy atom. The number of thioether (sulfide) groups is 1. The zero-order valence-electron chi connectivity index (χ0n) is 10.7. The van der Waals surface area contributed by atoms with E-state index in [0.29, 0.717) is 5.75 Å². The molecule has 0 aliphatic rings. The third kappa shape index (κ3) is 5.41. The molecule has 0 radical (unpaired) electrons. The second-order valence-electron chi connectivity index (χ2n) is 4.08. The Bertz CT molecular complexity index is 598. The van der Waals surface area contributed by atoms with Crippen LogP contribution in [0.1, 0.15) is 6.42 Å². The Kier molecular flexibility index (Phi) is 7.97. The Balaban J connectivity index is 0.00000220. The number of fused-ring (bicyclic) bond motifs is 1. The molecule has 2 aromatic rings. The van der Waals surface area contributed by atoms with Crippen molar-refractivity contribution in [3.05, 3.63) is 24.3 Å². The molecule has 0 bridgehead atoms. The first kappa shape index (κ1) is 18.7. The van der Waals surface area contributed by atoms with Crippen LogP contribution in [0.2, 0.25) is 0 Å². The van der Waals surface area contributed by atoms with E-state index in [9.17, 15) is 9.59 Å². The monoisotopic (exact) mass is 353 g/mol. The summed E-state index contributed by atoms with van der Waals surface area (Å²) in [6.45, 7) is 0. The van der Waals surface area contributed by atoms with E-state index in [-0.39, 0.29) is 44.2 Å². The first-order valence-electron chi connectivity index (χ1n) is 5.88. The molecule has 2 rings (SSSR count). The van der Waals surface area contributed by atoms with Crippen LogP contribution in [0.5, 0.6) is 0 Å². The van der Waals surface area contributed by atoms with Crippen molar-refractivity contribution < 1.29 is 19.4 Å². The number of carboxylic acids is 1. The number of thiazole rings is 1. The number of para-hydroxylation sites is 1. The van der Waals surface area contributed by atoms with Crippen LogP contribution in [0, 0.1) is 5.92 Å². The maximum absolute atomic E-state index is 11.5. The minimum atomic E-state index is -1.01. The van der Waals surface area contributed by atoms with Gasteiger partial charge < -0.3 is 9.84 Å². The van der Waals surface area contributed by atoms with Crippen LogP contribution in [-0.4, -0.2) is 72.6 Å². The number of rotatable bonds is 6. The van der Waals surface area contributed by atoms with Crippen molar-refractivity contribution in [2.24, 2.45) is 5.92 Å². The van der Waals surface area contributed by atoms with Crippen molar-refractivity contribution in [1.29, 1.82) is 0 Å². The van der Waals surface area contributed by atoms with E-state index in [1.165, 1.54) is 30.2 Å². The fourth-order valence-corrected chi connectivity index (χ4v) is 3.84. The average molecular weight is 353 g/mol. The van der Waals surface area contributed by atoms with E-state index in [2.05, 4.69) is 9.72 Å². The Morgan fingerprint density at radius 2 is 2.14 bits per heavy atom. The fourth-order valence-electron chi connectivity index (χ4n) is 1.67. The van der Waals surface area contributed by atoms with Gasteiger partial charge in [-0.15, -0.1) is 11.3 Å². The topological polar surface area (TPSA) is 76.5 Å². The Hall–Kier alpha value is -0.340. The van der Waals surface area contributed by atoms with Crippen LogP contribution in [0.3, 0.4) is 0 Å². The van der Waals surface area contributed by atoms with Gasteiger partial charge in [-0.2, -0.15) is 0 Å². The van der Waals surface area contributed by atoms with Crippen molar-refractivity contribution >= 4 is 83.0 Å². The Morgan fingerprint density at radius 1 is 1.43 bits per heavy atom. The normalized spacial score (nSPS) is 11.7. The predicted molar refractivity (Wildman–Crippen MR) is 86.6 cm³/mol. The minimum absolute atomic E-state index is 0. The number of carboxylic acid groups (broad SMARTS) is 1. The van der Waals surface area contributed by atoms with E-state index in [1.807, 2.05) is 24.3 Å². The van der Waals surface area contributed by atoms with Gasteiger partial charge in [-0.25, -0.2) is 4.98 Å². The first-order chi connectivity index (χ1) is 9.60. The second kappa shape index (κ2) is 8.95. The number of nitrogens with zero attached hydrogens (tertiary/aromatic N) is 1. The number of esters is 1. The summed E-state index contributed by atoms with van der Waals surface area (Å²) in [5.74, 6) is -1.82. The summed E-state index contributed by atoms with van der Waals surface area (Å²) >= 11 is 2.91. The molecule has 1 aromatic carbocycles. The zero-order valence-corrected chi connectivity index (χ0v) is 12.4. The van der Waals surface area contributed by atoms with Crippen LogP contribution in [-0.2, 0) is 14.3 Å². The molecule has 0 saturated heterocycles. The molecule has 110 valence electrons. The van der Waals surface area contributed by atoms with E-state index in [0.717, 1.165) is 14.6 Å². The van der Waals surface area contributed by atoms with Gasteiger partial charge in [-0.3, -0.25) is 9.59 Å². The molecule has 0 saturated carbocycles. The summed E-state index contributed by atoms with van der Waals surface area (Å²) in [7, 11) is 1.26. The standard InChI is InChI=1S/C13H13NO4S2.Ca.2H/c1-18-12(17)8(6-11(15)16)7-19-13-14-9-4-2-3-5-10(9)20-13;;;/h2-5,8H,6-7H2,1H3,(H,15,16);;;. The molecular weight excluding hydrogens is 338 g/mol. The molecule has 1 unspecified atom stereocenters. The molecule has 0 fully saturated rings. The summed E-state index contributed by atoms with van der Waals surface area (Å²) in [4.78, 5) is 26.7. The zero-order chi connectivity index (χ0) is 14.5. The number of hydrogen-bond acceptors (Lipinski definition) is 6. The third-order valence-electron chi connectivity index (χ3n) is 2.64. The SMILES string of the molecule is COC(=O)C(CSc1nc2ccccc2s1)CC(=O)O.[CaH2]. The number of hydrogen-bond donors (Lipinski definition) is 1. The van der Waals surface area contributed by atoms with Gasteiger partial charge in [0.2, 0.25) is 0 Å². The quantitative estimate of drug-likeness (QED) is 0.484. The van der Waals surface area contributed by atoms with Gasteiger partial charge in [0.1, 0.15) is 0 Å². The molecule has 8 heteroatoms. The fraction of sp³-hybridized carbons (Fsp3) is 0.308. The molecule has 0 aliphatic carbocycles. The summed E-state index contributed by atoms with van der Waals surface area (Å²) < 4.78 is 6.52. The average Bonchev–Trinajstić information content (AvgIpc) is 2.84. The number of methoxy groups -OCH3 is 1. The molecule has 21 heavy (non-hydrogen) atoms. The molecule has 0 spiro atoms. The van der Waals surface area contributed by atoms with Crippen LogP contribution in [0.15, 0.2) is 28.6 Å². The van der Waals surface area contributed by atoms with E-state index in [1.54, 1.807) is 0 Å². The van der Waals surface area contributed by atoms with Crippen molar-refractivity contribution in [2.45, 2.75) is 10.8 Å². The van der Waals surface area contributed by atoms with Crippen LogP contribution >= 0.6 is 23.1 Å². The summed E-state index contributed by atoms with van der Waals surface area (Å²) in [6, 6.07) is 7.76. The molecule has 0 amide bonds. The third-order valence-corrected chi connectivity index (χ3v) is 4.98. The van der Waals surface area contributed by atoms with E-state index >= 15 is 0 Å². The van der Waals surface area contributed by atoms with Crippen molar-refractivity contribution in [1.82, 2.24) is 4.98 Å². The summed E-state index contributed by atoms with van der Waals surface area (Å²) in [5, 5.41) is 8.81.